The smallest absolute Gasteiger partial charge is 0.277 e. The van der Waals surface area contributed by atoms with E-state index in [0.29, 0.717) is 10.7 Å². The number of halogens is 2. The van der Waals surface area contributed by atoms with Gasteiger partial charge in [-0.25, -0.2) is 9.37 Å². The molecule has 0 aliphatic carbocycles. The van der Waals surface area contributed by atoms with Crippen molar-refractivity contribution in [3.63, 3.8) is 0 Å². The third kappa shape index (κ3) is 3.03. The molecule has 3 N–H and O–H groups in total. The van der Waals surface area contributed by atoms with Gasteiger partial charge in [-0.1, -0.05) is 29.0 Å². The van der Waals surface area contributed by atoms with Crippen LogP contribution < -0.4 is 11.1 Å². The summed E-state index contributed by atoms with van der Waals surface area (Å²) in [6.45, 7) is 0. The normalized spacial score (nSPS) is 10.7. The highest BCUT2D eigenvalue weighted by atomic mass is 35.5. The summed E-state index contributed by atoms with van der Waals surface area (Å²) < 4.78 is 15.6. The first kappa shape index (κ1) is 15.4. The van der Waals surface area contributed by atoms with Gasteiger partial charge in [0.25, 0.3) is 5.91 Å². The van der Waals surface area contributed by atoms with Gasteiger partial charge in [0, 0.05) is 18.8 Å². The van der Waals surface area contributed by atoms with Gasteiger partial charge in [-0.05, 0) is 12.1 Å². The summed E-state index contributed by atoms with van der Waals surface area (Å²) in [6, 6.07) is 4.57. The van der Waals surface area contributed by atoms with Crippen molar-refractivity contribution in [2.24, 2.45) is 7.05 Å². The van der Waals surface area contributed by atoms with Crippen LogP contribution in [0.4, 0.5) is 15.1 Å². The predicted octanol–water partition coefficient (Wildman–Crippen LogP) is 3.17. The quantitative estimate of drug-likeness (QED) is 0.758. The number of aromatic nitrogens is 3. The van der Waals surface area contributed by atoms with Gasteiger partial charge in [0.05, 0.1) is 16.9 Å². The maximum atomic E-state index is 14.1. The van der Waals surface area contributed by atoms with E-state index in [1.807, 2.05) is 0 Å². The lowest BCUT2D eigenvalue weighted by molar-refractivity contribution is 0.102. The number of aryl methyl sites for hydroxylation is 1. The van der Waals surface area contributed by atoms with Gasteiger partial charge in [-0.3, -0.25) is 9.48 Å². The van der Waals surface area contributed by atoms with Crippen molar-refractivity contribution in [2.45, 2.75) is 0 Å². The number of hydrogen-bond acceptors (Lipinski definition) is 5. The van der Waals surface area contributed by atoms with Gasteiger partial charge >= 0.3 is 0 Å². The third-order valence-electron chi connectivity index (χ3n) is 3.01. The van der Waals surface area contributed by atoms with Crippen LogP contribution in [0.3, 0.4) is 0 Å². The van der Waals surface area contributed by atoms with Crippen molar-refractivity contribution < 1.29 is 9.18 Å². The van der Waals surface area contributed by atoms with E-state index in [0.717, 1.165) is 11.3 Å². The molecule has 2 aromatic heterocycles. The molecular weight excluding hydrogens is 341 g/mol. The number of nitrogens with one attached hydrogen (secondary N) is 1. The van der Waals surface area contributed by atoms with Gasteiger partial charge in [-0.2, -0.15) is 5.10 Å². The van der Waals surface area contributed by atoms with E-state index in [1.54, 1.807) is 24.0 Å². The van der Waals surface area contributed by atoms with Crippen LogP contribution in [0.15, 0.2) is 30.6 Å². The number of benzene rings is 1. The van der Waals surface area contributed by atoms with Crippen LogP contribution in [0.1, 0.15) is 10.5 Å². The molecule has 118 valence electrons. The first-order chi connectivity index (χ1) is 11.0. The largest absolute Gasteiger partial charge is 0.389 e. The minimum absolute atomic E-state index is 0.0161. The van der Waals surface area contributed by atoms with E-state index in [-0.39, 0.29) is 21.3 Å². The molecule has 0 fully saturated rings. The molecule has 0 spiro atoms. The second kappa shape index (κ2) is 5.98. The number of anilines is 2. The molecule has 0 saturated carbocycles. The Hall–Kier alpha value is -2.45. The zero-order chi connectivity index (χ0) is 16.6. The number of nitrogens with two attached hydrogens (primary N) is 1. The standard InChI is InChI=1S/C14H11ClFN5OS/c1-21-6-7(5-18-21)19-13(22)11-12(17)23-14(20-11)8-3-2-4-9(15)10(8)16/h2-6H,17H2,1H3,(H,19,22). The topological polar surface area (TPSA) is 85.8 Å². The fourth-order valence-corrected chi connectivity index (χ4v) is 2.98. The van der Waals surface area contributed by atoms with Crippen LogP contribution in [-0.2, 0) is 7.05 Å². The lowest BCUT2D eigenvalue weighted by atomic mass is 10.2. The molecule has 6 nitrogen and oxygen atoms in total. The summed E-state index contributed by atoms with van der Waals surface area (Å²) in [5.74, 6) is -1.08. The Kier molecular flexibility index (Phi) is 4.01. The first-order valence-corrected chi connectivity index (χ1v) is 7.66. The molecule has 0 aliphatic heterocycles. The highest BCUT2D eigenvalue weighted by molar-refractivity contribution is 7.19. The van der Waals surface area contributed by atoms with Gasteiger partial charge in [0.2, 0.25) is 0 Å². The molecular formula is C14H11ClFN5OS. The number of hydrogen-bond donors (Lipinski definition) is 2. The van der Waals surface area contributed by atoms with Crippen LogP contribution in [0.2, 0.25) is 5.02 Å². The maximum Gasteiger partial charge on any atom is 0.277 e. The summed E-state index contributed by atoms with van der Waals surface area (Å²) in [5, 5.41) is 7.05. The zero-order valence-electron chi connectivity index (χ0n) is 11.9. The van der Waals surface area contributed by atoms with E-state index < -0.39 is 11.7 Å². The van der Waals surface area contributed by atoms with Gasteiger partial charge < -0.3 is 11.1 Å². The van der Waals surface area contributed by atoms with E-state index in [2.05, 4.69) is 15.4 Å². The zero-order valence-corrected chi connectivity index (χ0v) is 13.5. The minimum atomic E-state index is -0.595. The molecule has 0 bridgehead atoms. The molecule has 23 heavy (non-hydrogen) atoms. The van der Waals surface area contributed by atoms with Crippen LogP contribution in [0.5, 0.6) is 0 Å². The van der Waals surface area contributed by atoms with Crippen molar-refractivity contribution in [1.29, 1.82) is 0 Å². The number of amides is 1. The molecule has 3 aromatic rings. The Balaban J connectivity index is 1.91. The molecule has 3 rings (SSSR count). The molecule has 9 heteroatoms. The molecule has 0 unspecified atom stereocenters. The second-order valence-corrected chi connectivity index (χ2v) is 6.13. The number of carbonyl (C=O) groups excluding carboxylic acids is 1. The predicted molar refractivity (Wildman–Crippen MR) is 88.1 cm³/mol. The Bertz CT molecular complexity index is 891. The molecule has 2 heterocycles. The van der Waals surface area contributed by atoms with Crippen LogP contribution in [0, 0.1) is 5.82 Å². The fraction of sp³-hybridized carbons (Fsp3) is 0.0714. The Morgan fingerprint density at radius 2 is 2.26 bits per heavy atom. The second-order valence-electron chi connectivity index (χ2n) is 4.69. The minimum Gasteiger partial charge on any atom is -0.389 e. The average Bonchev–Trinajstić information content (AvgIpc) is 3.08. The van der Waals surface area contributed by atoms with E-state index in [1.165, 1.54) is 18.3 Å². The average molecular weight is 352 g/mol. The van der Waals surface area contributed by atoms with Gasteiger partial charge in [-0.15, -0.1) is 0 Å². The maximum absolute atomic E-state index is 14.1. The van der Waals surface area contributed by atoms with Crippen molar-refractivity contribution in [1.82, 2.24) is 14.8 Å². The highest BCUT2D eigenvalue weighted by Crippen LogP contribution is 2.34. The van der Waals surface area contributed by atoms with Crippen molar-refractivity contribution in [3.05, 3.63) is 47.1 Å². The lowest BCUT2D eigenvalue weighted by Gasteiger charge is -2.00. The van der Waals surface area contributed by atoms with Crippen LogP contribution in [-0.4, -0.2) is 20.7 Å². The monoisotopic (exact) mass is 351 g/mol. The number of nitrogens with zero attached hydrogens (tertiary/aromatic N) is 3. The number of carbonyl (C=O) groups is 1. The summed E-state index contributed by atoms with van der Waals surface area (Å²) in [5.41, 5.74) is 6.60. The Labute approximate surface area is 139 Å². The number of rotatable bonds is 3. The molecule has 0 radical (unpaired) electrons. The van der Waals surface area contributed by atoms with Crippen molar-refractivity contribution in [3.8, 4) is 10.6 Å². The van der Waals surface area contributed by atoms with Crippen LogP contribution in [0.25, 0.3) is 10.6 Å². The SMILES string of the molecule is Cn1cc(NC(=O)c2nc(-c3cccc(Cl)c3F)sc2N)cn1. The highest BCUT2D eigenvalue weighted by Gasteiger charge is 2.20. The Morgan fingerprint density at radius 1 is 1.48 bits per heavy atom. The fourth-order valence-electron chi connectivity index (χ4n) is 1.95. The molecule has 1 aromatic carbocycles. The lowest BCUT2D eigenvalue weighted by Crippen LogP contribution is -2.13. The first-order valence-electron chi connectivity index (χ1n) is 6.46. The van der Waals surface area contributed by atoms with Crippen molar-refractivity contribution in [2.75, 3.05) is 11.1 Å². The van der Waals surface area contributed by atoms with Crippen LogP contribution >= 0.6 is 22.9 Å². The van der Waals surface area contributed by atoms with Crippen molar-refractivity contribution >= 4 is 39.5 Å². The number of nitrogen functional groups attached to an aromatic ring is 1. The van der Waals surface area contributed by atoms with E-state index in [4.69, 9.17) is 17.3 Å². The summed E-state index contributed by atoms with van der Waals surface area (Å²) in [4.78, 5) is 16.4. The third-order valence-corrected chi connectivity index (χ3v) is 4.22. The Morgan fingerprint density at radius 3 is 2.96 bits per heavy atom. The number of thiazole rings is 1. The molecule has 0 aliphatic rings. The summed E-state index contributed by atoms with van der Waals surface area (Å²) in [7, 11) is 1.73. The molecule has 0 saturated heterocycles. The van der Waals surface area contributed by atoms with E-state index in [9.17, 15) is 9.18 Å². The molecule has 1 amide bonds. The molecule has 0 atom stereocenters. The summed E-state index contributed by atoms with van der Waals surface area (Å²) >= 11 is 6.79. The van der Waals surface area contributed by atoms with Gasteiger partial charge in [0.1, 0.15) is 10.0 Å². The van der Waals surface area contributed by atoms with Gasteiger partial charge in [0.15, 0.2) is 11.5 Å². The van der Waals surface area contributed by atoms with E-state index >= 15 is 0 Å². The summed E-state index contributed by atoms with van der Waals surface area (Å²) in [6.07, 6.45) is 3.13.